The predicted molar refractivity (Wildman–Crippen MR) is 112 cm³/mol. The van der Waals surface area contributed by atoms with Crippen LogP contribution >= 0.6 is 0 Å². The normalized spacial score (nSPS) is 13.0. The number of anilines is 1. The van der Waals surface area contributed by atoms with Crippen molar-refractivity contribution in [2.24, 2.45) is 0 Å². The zero-order chi connectivity index (χ0) is 20.4. The van der Waals surface area contributed by atoms with Gasteiger partial charge in [-0.15, -0.1) is 0 Å². The van der Waals surface area contributed by atoms with Gasteiger partial charge >= 0.3 is 5.97 Å². The number of amides is 1. The maximum absolute atomic E-state index is 13.4. The first-order valence-electron chi connectivity index (χ1n) is 9.65. The van der Waals surface area contributed by atoms with E-state index in [1.807, 2.05) is 55.5 Å². The van der Waals surface area contributed by atoms with Crippen LogP contribution in [0, 0.1) is 6.92 Å². The average molecular weight is 386 g/mol. The molecular formula is C24H22N2O3. The Labute approximate surface area is 170 Å². The van der Waals surface area contributed by atoms with E-state index in [0.717, 1.165) is 35.3 Å². The Kier molecular flexibility index (Phi) is 5.12. The number of methoxy groups -OCH3 is 1. The number of aromatic nitrogens is 1. The number of nitrogens with zero attached hydrogens (tertiary/aromatic N) is 2. The SMILES string of the molecule is COC(=O)c1cccc2c1CCCN2C(=O)c1ccc(-c2ccccc2)nc1C. The van der Waals surface area contributed by atoms with E-state index in [2.05, 4.69) is 4.98 Å². The van der Waals surface area contributed by atoms with E-state index in [-0.39, 0.29) is 11.9 Å². The van der Waals surface area contributed by atoms with Gasteiger partial charge in [0.2, 0.25) is 0 Å². The van der Waals surface area contributed by atoms with Gasteiger partial charge in [0, 0.05) is 17.8 Å². The van der Waals surface area contributed by atoms with Gasteiger partial charge in [-0.05, 0) is 49.6 Å². The van der Waals surface area contributed by atoms with Crippen molar-refractivity contribution in [1.82, 2.24) is 4.98 Å². The van der Waals surface area contributed by atoms with Crippen molar-refractivity contribution in [2.45, 2.75) is 19.8 Å². The summed E-state index contributed by atoms with van der Waals surface area (Å²) in [5, 5.41) is 0. The first kappa shape index (κ1) is 18.9. The molecule has 0 saturated heterocycles. The van der Waals surface area contributed by atoms with Crippen molar-refractivity contribution < 1.29 is 14.3 Å². The highest BCUT2D eigenvalue weighted by Gasteiger charge is 2.28. The summed E-state index contributed by atoms with van der Waals surface area (Å²) in [6, 6.07) is 19.0. The quantitative estimate of drug-likeness (QED) is 0.625. The van der Waals surface area contributed by atoms with Crippen LogP contribution in [-0.2, 0) is 11.2 Å². The molecule has 0 fully saturated rings. The number of ether oxygens (including phenoxy) is 1. The molecule has 1 aromatic heterocycles. The molecular weight excluding hydrogens is 364 g/mol. The lowest BCUT2D eigenvalue weighted by molar-refractivity contribution is 0.0599. The molecule has 3 aromatic rings. The van der Waals surface area contributed by atoms with Gasteiger partial charge in [-0.2, -0.15) is 0 Å². The number of benzene rings is 2. The lowest BCUT2D eigenvalue weighted by Gasteiger charge is -2.31. The number of pyridine rings is 1. The Hall–Kier alpha value is -3.47. The lowest BCUT2D eigenvalue weighted by Crippen LogP contribution is -2.36. The topological polar surface area (TPSA) is 59.5 Å². The van der Waals surface area contributed by atoms with Gasteiger partial charge in [0.1, 0.15) is 0 Å². The Balaban J connectivity index is 1.69. The van der Waals surface area contributed by atoms with Crippen molar-refractivity contribution in [3.05, 3.63) is 83.0 Å². The molecule has 29 heavy (non-hydrogen) atoms. The number of rotatable bonds is 3. The molecule has 0 spiro atoms. The second kappa shape index (κ2) is 7.87. The van der Waals surface area contributed by atoms with Crippen LogP contribution in [0.25, 0.3) is 11.3 Å². The van der Waals surface area contributed by atoms with Crippen molar-refractivity contribution in [1.29, 1.82) is 0 Å². The van der Waals surface area contributed by atoms with Crippen LogP contribution in [0.1, 0.15) is 38.4 Å². The molecule has 5 nitrogen and oxygen atoms in total. The third-order valence-electron chi connectivity index (χ3n) is 5.29. The second-order valence-corrected chi connectivity index (χ2v) is 7.05. The van der Waals surface area contributed by atoms with Crippen molar-refractivity contribution >= 4 is 17.6 Å². The van der Waals surface area contributed by atoms with Crippen LogP contribution in [0.4, 0.5) is 5.69 Å². The van der Waals surface area contributed by atoms with Gasteiger partial charge in [-0.1, -0.05) is 36.4 Å². The van der Waals surface area contributed by atoms with Crippen molar-refractivity contribution in [3.8, 4) is 11.3 Å². The molecule has 0 atom stereocenters. The van der Waals surface area contributed by atoms with Gasteiger partial charge in [0.25, 0.3) is 5.91 Å². The fourth-order valence-corrected chi connectivity index (χ4v) is 3.84. The van der Waals surface area contributed by atoms with Crippen LogP contribution in [0.3, 0.4) is 0 Å². The second-order valence-electron chi connectivity index (χ2n) is 7.05. The van der Waals surface area contributed by atoms with Crippen LogP contribution in [0.15, 0.2) is 60.7 Å². The number of fused-ring (bicyclic) bond motifs is 1. The first-order valence-corrected chi connectivity index (χ1v) is 9.65. The minimum Gasteiger partial charge on any atom is -0.465 e. The zero-order valence-electron chi connectivity index (χ0n) is 16.5. The largest absolute Gasteiger partial charge is 0.465 e. The van der Waals surface area contributed by atoms with E-state index < -0.39 is 0 Å². The molecule has 0 N–H and O–H groups in total. The Bertz CT molecular complexity index is 1080. The molecule has 146 valence electrons. The fourth-order valence-electron chi connectivity index (χ4n) is 3.84. The highest BCUT2D eigenvalue weighted by Crippen LogP contribution is 2.32. The van der Waals surface area contributed by atoms with Crippen LogP contribution in [0.2, 0.25) is 0 Å². The number of carbonyl (C=O) groups excluding carboxylic acids is 2. The van der Waals surface area contributed by atoms with E-state index >= 15 is 0 Å². The Morgan fingerprint density at radius 1 is 0.966 bits per heavy atom. The highest BCUT2D eigenvalue weighted by molar-refractivity contribution is 6.08. The fraction of sp³-hybridized carbons (Fsp3) is 0.208. The maximum atomic E-state index is 13.4. The van der Waals surface area contributed by atoms with Crippen molar-refractivity contribution in [3.63, 3.8) is 0 Å². The Morgan fingerprint density at radius 2 is 1.76 bits per heavy atom. The summed E-state index contributed by atoms with van der Waals surface area (Å²) in [4.78, 5) is 31.9. The molecule has 5 heteroatoms. The first-order chi connectivity index (χ1) is 14.1. The molecule has 1 aliphatic rings. The molecule has 2 heterocycles. The number of esters is 1. The van der Waals surface area contributed by atoms with Gasteiger partial charge in [0.15, 0.2) is 0 Å². The molecule has 0 aliphatic carbocycles. The summed E-state index contributed by atoms with van der Waals surface area (Å²) in [5.41, 5.74) is 5.28. The third-order valence-corrected chi connectivity index (χ3v) is 5.29. The third kappa shape index (κ3) is 3.51. The molecule has 0 bridgehead atoms. The van der Waals surface area contributed by atoms with Gasteiger partial charge in [0.05, 0.1) is 29.6 Å². The summed E-state index contributed by atoms with van der Waals surface area (Å²) in [6.45, 7) is 2.46. The predicted octanol–water partition coefficient (Wildman–Crippen LogP) is 4.44. The van der Waals surface area contributed by atoms with Gasteiger partial charge in [-0.3, -0.25) is 9.78 Å². The molecule has 4 rings (SSSR count). The van der Waals surface area contributed by atoms with E-state index in [0.29, 0.717) is 23.4 Å². The maximum Gasteiger partial charge on any atom is 0.338 e. The molecule has 0 saturated carbocycles. The summed E-state index contributed by atoms with van der Waals surface area (Å²) >= 11 is 0. The smallest absolute Gasteiger partial charge is 0.338 e. The highest BCUT2D eigenvalue weighted by atomic mass is 16.5. The van der Waals surface area contributed by atoms with E-state index in [4.69, 9.17) is 4.74 Å². The van der Waals surface area contributed by atoms with Crippen molar-refractivity contribution in [2.75, 3.05) is 18.6 Å². The molecule has 1 amide bonds. The standard InChI is InChI=1S/C24H22N2O3/c1-16-18(13-14-21(25-16)17-8-4-3-5-9-17)23(27)26-15-7-11-19-20(24(28)29-2)10-6-12-22(19)26/h3-6,8-10,12-14H,7,11,15H2,1-2H3. The number of hydrogen-bond acceptors (Lipinski definition) is 4. The summed E-state index contributed by atoms with van der Waals surface area (Å²) < 4.78 is 4.90. The van der Waals surface area contributed by atoms with Crippen LogP contribution in [0.5, 0.6) is 0 Å². The van der Waals surface area contributed by atoms with Crippen LogP contribution < -0.4 is 4.90 Å². The summed E-state index contributed by atoms with van der Waals surface area (Å²) in [6.07, 6.45) is 1.54. The van der Waals surface area contributed by atoms with E-state index in [1.54, 1.807) is 17.0 Å². The molecule has 0 radical (unpaired) electrons. The van der Waals surface area contributed by atoms with E-state index in [1.165, 1.54) is 7.11 Å². The lowest BCUT2D eigenvalue weighted by atomic mass is 9.95. The number of aryl methyl sites for hydroxylation is 1. The van der Waals surface area contributed by atoms with Gasteiger partial charge < -0.3 is 9.64 Å². The average Bonchev–Trinajstić information content (AvgIpc) is 2.77. The number of hydrogen-bond donors (Lipinski definition) is 0. The zero-order valence-corrected chi connectivity index (χ0v) is 16.5. The monoisotopic (exact) mass is 386 g/mol. The van der Waals surface area contributed by atoms with Crippen LogP contribution in [-0.4, -0.2) is 30.5 Å². The summed E-state index contributed by atoms with van der Waals surface area (Å²) in [7, 11) is 1.37. The number of carbonyl (C=O) groups is 2. The minimum atomic E-state index is -0.374. The summed E-state index contributed by atoms with van der Waals surface area (Å²) in [5.74, 6) is -0.473. The molecule has 1 aliphatic heterocycles. The molecule has 2 aromatic carbocycles. The molecule has 0 unspecified atom stereocenters. The minimum absolute atomic E-state index is 0.0995. The van der Waals surface area contributed by atoms with Gasteiger partial charge in [-0.25, -0.2) is 4.79 Å². The Morgan fingerprint density at radius 3 is 2.48 bits per heavy atom. The van der Waals surface area contributed by atoms with E-state index in [9.17, 15) is 9.59 Å².